The third-order valence-electron chi connectivity index (χ3n) is 5.83. The number of ketones is 1. The van der Waals surface area contributed by atoms with Gasteiger partial charge in [0.2, 0.25) is 0 Å². The second-order valence-corrected chi connectivity index (χ2v) is 8.84. The number of rotatable bonds is 7. The first-order valence-corrected chi connectivity index (χ1v) is 11.3. The number of aromatic amines is 1. The third-order valence-corrected chi connectivity index (χ3v) is 5.83. The van der Waals surface area contributed by atoms with E-state index in [1.807, 2.05) is 72.4 Å². The number of benzene rings is 2. The zero-order valence-corrected chi connectivity index (χ0v) is 19.4. The van der Waals surface area contributed by atoms with Gasteiger partial charge in [0.05, 0.1) is 11.9 Å². The molecular weight excluding hydrogens is 424 g/mol. The Kier molecular flexibility index (Phi) is 5.67. The minimum atomic E-state index is 0.163. The maximum absolute atomic E-state index is 12.6. The molecule has 0 atom stereocenters. The second kappa shape index (κ2) is 8.94. The van der Waals surface area contributed by atoms with E-state index in [1.54, 1.807) is 12.4 Å². The summed E-state index contributed by atoms with van der Waals surface area (Å²) in [5.74, 6) is 1.82. The second-order valence-electron chi connectivity index (χ2n) is 8.84. The maximum Gasteiger partial charge on any atom is 0.179 e. The van der Waals surface area contributed by atoms with Crippen molar-refractivity contribution < 1.29 is 4.79 Å². The van der Waals surface area contributed by atoms with Crippen LogP contribution in [0.15, 0.2) is 73.2 Å². The Morgan fingerprint density at radius 3 is 2.56 bits per heavy atom. The number of hydrogen-bond acceptors (Lipinski definition) is 5. The van der Waals surface area contributed by atoms with Gasteiger partial charge in [-0.3, -0.25) is 9.89 Å². The van der Waals surface area contributed by atoms with Gasteiger partial charge in [0.15, 0.2) is 11.6 Å². The zero-order chi connectivity index (χ0) is 23.7. The van der Waals surface area contributed by atoms with Crippen LogP contribution in [0.3, 0.4) is 0 Å². The molecule has 170 valence electrons. The molecule has 2 aromatic carbocycles. The van der Waals surface area contributed by atoms with Gasteiger partial charge < -0.3 is 9.88 Å². The fraction of sp³-hybridized carbons (Fsp3) is 0.185. The number of anilines is 2. The topological polar surface area (TPSA) is 88.5 Å². The average Bonchev–Trinajstić information content (AvgIpc) is 3.48. The van der Waals surface area contributed by atoms with Gasteiger partial charge in [-0.1, -0.05) is 38.1 Å². The molecule has 0 fully saturated rings. The smallest absolute Gasteiger partial charge is 0.179 e. The van der Waals surface area contributed by atoms with E-state index in [9.17, 15) is 4.79 Å². The molecule has 0 unspecified atom stereocenters. The lowest BCUT2D eigenvalue weighted by molar-refractivity contribution is 0.0960. The number of nitrogens with one attached hydrogen (secondary N) is 2. The van der Waals surface area contributed by atoms with Gasteiger partial charge in [0.25, 0.3) is 0 Å². The van der Waals surface area contributed by atoms with Crippen LogP contribution in [0.2, 0.25) is 0 Å². The first-order valence-electron chi connectivity index (χ1n) is 11.3. The van der Waals surface area contributed by atoms with E-state index in [4.69, 9.17) is 4.98 Å². The molecule has 0 saturated heterocycles. The SMILES string of the molecule is CC(C)CC(=O)c1cc2ccc(-c3nccc(Nc4ccc(-c5cn[nH]c5)cc4)n3)cc2n1C. The van der Waals surface area contributed by atoms with E-state index >= 15 is 0 Å². The molecule has 5 aromatic rings. The number of hydrogen-bond donors (Lipinski definition) is 2. The lowest BCUT2D eigenvalue weighted by atomic mass is 10.1. The molecule has 0 radical (unpaired) electrons. The number of aryl methyl sites for hydroxylation is 1. The summed E-state index contributed by atoms with van der Waals surface area (Å²) in [5.41, 5.74) is 5.68. The number of fused-ring (bicyclic) bond motifs is 1. The summed E-state index contributed by atoms with van der Waals surface area (Å²) in [7, 11) is 1.94. The molecular formula is C27H26N6O. The molecule has 34 heavy (non-hydrogen) atoms. The van der Waals surface area contributed by atoms with Crippen LogP contribution >= 0.6 is 0 Å². The predicted molar refractivity (Wildman–Crippen MR) is 135 cm³/mol. The van der Waals surface area contributed by atoms with Gasteiger partial charge in [0.1, 0.15) is 5.82 Å². The van der Waals surface area contributed by atoms with Crippen LogP contribution in [0.4, 0.5) is 11.5 Å². The number of aromatic nitrogens is 5. The number of H-pyrrole nitrogens is 1. The Hall–Kier alpha value is -4.26. The highest BCUT2D eigenvalue weighted by Gasteiger charge is 2.15. The molecule has 0 aliphatic rings. The van der Waals surface area contributed by atoms with Crippen LogP contribution in [0.1, 0.15) is 30.8 Å². The van der Waals surface area contributed by atoms with Crippen molar-refractivity contribution in [2.24, 2.45) is 13.0 Å². The fourth-order valence-electron chi connectivity index (χ4n) is 4.08. The highest BCUT2D eigenvalue weighted by Crippen LogP contribution is 2.27. The summed E-state index contributed by atoms with van der Waals surface area (Å²) in [4.78, 5) is 21.8. The van der Waals surface area contributed by atoms with Crippen LogP contribution in [0.5, 0.6) is 0 Å². The maximum atomic E-state index is 12.6. The molecule has 7 heteroatoms. The summed E-state index contributed by atoms with van der Waals surface area (Å²) >= 11 is 0. The highest BCUT2D eigenvalue weighted by molar-refractivity contribution is 6.00. The average molecular weight is 451 g/mol. The molecule has 3 heterocycles. The Bertz CT molecular complexity index is 1450. The van der Waals surface area contributed by atoms with Gasteiger partial charge in [-0.2, -0.15) is 5.10 Å². The van der Waals surface area contributed by atoms with Crippen molar-refractivity contribution in [3.63, 3.8) is 0 Å². The molecule has 0 bridgehead atoms. The van der Waals surface area contributed by atoms with Crippen molar-refractivity contribution in [3.05, 3.63) is 78.9 Å². The van der Waals surface area contributed by atoms with Crippen LogP contribution in [-0.2, 0) is 7.05 Å². The van der Waals surface area contributed by atoms with E-state index in [-0.39, 0.29) is 5.78 Å². The number of nitrogens with zero attached hydrogens (tertiary/aromatic N) is 4. The van der Waals surface area contributed by atoms with Crippen molar-refractivity contribution in [1.29, 1.82) is 0 Å². The normalized spacial score (nSPS) is 11.3. The van der Waals surface area contributed by atoms with Gasteiger partial charge in [-0.15, -0.1) is 0 Å². The minimum absolute atomic E-state index is 0.163. The van der Waals surface area contributed by atoms with Crippen molar-refractivity contribution in [3.8, 4) is 22.5 Å². The Balaban J connectivity index is 1.40. The molecule has 2 N–H and O–H groups in total. The molecule has 0 aliphatic heterocycles. The van der Waals surface area contributed by atoms with Crippen LogP contribution in [0, 0.1) is 5.92 Å². The largest absolute Gasteiger partial charge is 0.341 e. The Labute approximate surface area is 197 Å². The molecule has 0 aliphatic carbocycles. The Morgan fingerprint density at radius 2 is 1.82 bits per heavy atom. The zero-order valence-electron chi connectivity index (χ0n) is 19.4. The van der Waals surface area contributed by atoms with E-state index in [0.717, 1.165) is 39.0 Å². The van der Waals surface area contributed by atoms with E-state index < -0.39 is 0 Å². The van der Waals surface area contributed by atoms with Crippen molar-refractivity contribution in [2.75, 3.05) is 5.32 Å². The number of carbonyl (C=O) groups is 1. The molecule has 0 saturated carbocycles. The standard InChI is InChI=1S/C27H26N6O/c1-17(2)12-25(34)24-13-19-4-5-20(14-23(19)33(24)3)27-28-11-10-26(32-27)31-22-8-6-18(7-9-22)21-15-29-30-16-21/h4-11,13-17H,12H2,1-3H3,(H,29,30)(H,28,31,32). The van der Waals surface area contributed by atoms with E-state index in [1.165, 1.54) is 0 Å². The molecule has 0 amide bonds. The number of carbonyl (C=O) groups excluding carboxylic acids is 1. The molecule has 7 nitrogen and oxygen atoms in total. The first-order chi connectivity index (χ1) is 16.5. The first kappa shape index (κ1) is 21.6. The summed E-state index contributed by atoms with van der Waals surface area (Å²) < 4.78 is 1.97. The third kappa shape index (κ3) is 4.32. The molecule has 3 aromatic heterocycles. The van der Waals surface area contributed by atoms with Crippen LogP contribution < -0.4 is 5.32 Å². The molecule has 5 rings (SSSR count). The predicted octanol–water partition coefficient (Wildman–Crippen LogP) is 6.00. The minimum Gasteiger partial charge on any atom is -0.341 e. The van der Waals surface area contributed by atoms with Gasteiger partial charge in [-0.25, -0.2) is 9.97 Å². The summed E-state index contributed by atoms with van der Waals surface area (Å²) in [6.45, 7) is 4.12. The van der Waals surface area contributed by atoms with Crippen LogP contribution in [0.25, 0.3) is 33.4 Å². The quantitative estimate of drug-likeness (QED) is 0.297. The van der Waals surface area contributed by atoms with Crippen molar-refractivity contribution >= 4 is 28.2 Å². The summed E-state index contributed by atoms with van der Waals surface area (Å²) in [6.07, 6.45) is 5.95. The number of Topliss-reactive ketones (excluding diaryl/α,β-unsaturated/α-hetero) is 1. The van der Waals surface area contributed by atoms with E-state index in [2.05, 4.69) is 34.3 Å². The highest BCUT2D eigenvalue weighted by atomic mass is 16.1. The van der Waals surface area contributed by atoms with Gasteiger partial charge >= 0.3 is 0 Å². The summed E-state index contributed by atoms with van der Waals surface area (Å²) in [5, 5.41) is 11.2. The fourth-order valence-corrected chi connectivity index (χ4v) is 4.08. The van der Waals surface area contributed by atoms with Crippen molar-refractivity contribution in [1.82, 2.24) is 24.7 Å². The van der Waals surface area contributed by atoms with Gasteiger partial charge in [-0.05, 0) is 41.8 Å². The molecule has 0 spiro atoms. The monoisotopic (exact) mass is 450 g/mol. The van der Waals surface area contributed by atoms with Crippen LogP contribution in [-0.4, -0.2) is 30.5 Å². The Morgan fingerprint density at radius 1 is 1.03 bits per heavy atom. The summed E-state index contributed by atoms with van der Waals surface area (Å²) in [6, 6.07) is 18.0. The lowest BCUT2D eigenvalue weighted by Crippen LogP contribution is -2.08. The van der Waals surface area contributed by atoms with Gasteiger partial charge in [0, 0.05) is 53.6 Å². The van der Waals surface area contributed by atoms with Crippen molar-refractivity contribution in [2.45, 2.75) is 20.3 Å². The lowest BCUT2D eigenvalue weighted by Gasteiger charge is -2.09. The van der Waals surface area contributed by atoms with E-state index in [0.29, 0.717) is 24.0 Å².